The lowest BCUT2D eigenvalue weighted by Gasteiger charge is -2.30. The molecule has 1 unspecified atom stereocenters. The zero-order valence-corrected chi connectivity index (χ0v) is 34.9. The van der Waals surface area contributed by atoms with Gasteiger partial charge in [-0.1, -0.05) is 30.3 Å². The number of carbonyl (C=O) groups is 3. The molecule has 10 rings (SSSR count). The Labute approximate surface area is 360 Å². The van der Waals surface area contributed by atoms with E-state index in [0.29, 0.717) is 23.9 Å². The molecule has 2 aliphatic carbocycles. The average molecular weight is 860 g/mol. The van der Waals surface area contributed by atoms with Gasteiger partial charge in [-0.15, -0.1) is 0 Å². The molecule has 4 aliphatic rings. The summed E-state index contributed by atoms with van der Waals surface area (Å²) in [5.74, 6) is -7.24. The molecule has 15 heteroatoms. The maximum Gasteiger partial charge on any atom is 0.329 e. The van der Waals surface area contributed by atoms with E-state index < -0.39 is 46.6 Å². The summed E-state index contributed by atoms with van der Waals surface area (Å²) < 4.78 is 47.3. The van der Waals surface area contributed by atoms with Gasteiger partial charge >= 0.3 is 5.69 Å². The summed E-state index contributed by atoms with van der Waals surface area (Å²) in [5.41, 5.74) is 8.75. The normalized spacial score (nSPS) is 20.4. The van der Waals surface area contributed by atoms with Crippen LogP contribution in [0.1, 0.15) is 109 Å². The monoisotopic (exact) mass is 859 g/mol. The first-order chi connectivity index (χ1) is 30.4. The largest absolute Gasteiger partial charge is 0.503 e. The lowest BCUT2D eigenvalue weighted by molar-refractivity contribution is -0.135. The first-order valence-electron chi connectivity index (χ1n) is 22.0. The number of halogens is 3. The maximum absolute atomic E-state index is 14.3. The fourth-order valence-electron chi connectivity index (χ4n) is 10.1. The van der Waals surface area contributed by atoms with Gasteiger partial charge in [0.25, 0.3) is 5.91 Å². The third-order valence-corrected chi connectivity index (χ3v) is 13.7. The van der Waals surface area contributed by atoms with Gasteiger partial charge in [0.2, 0.25) is 17.6 Å². The van der Waals surface area contributed by atoms with Gasteiger partial charge in [0.05, 0.1) is 28.2 Å². The van der Waals surface area contributed by atoms with Crippen molar-refractivity contribution in [2.75, 3.05) is 13.1 Å². The molecular weight excluding hydrogens is 812 g/mol. The van der Waals surface area contributed by atoms with Crippen molar-refractivity contribution in [3.8, 4) is 16.9 Å². The third-order valence-electron chi connectivity index (χ3n) is 13.7. The van der Waals surface area contributed by atoms with Gasteiger partial charge in [-0.2, -0.15) is 9.49 Å². The molecule has 3 fully saturated rings. The van der Waals surface area contributed by atoms with Crippen molar-refractivity contribution in [1.29, 1.82) is 0 Å². The number of imide groups is 1. The van der Waals surface area contributed by atoms with Crippen molar-refractivity contribution in [3.63, 3.8) is 0 Å². The van der Waals surface area contributed by atoms with Crippen LogP contribution in [0.5, 0.6) is 5.75 Å². The summed E-state index contributed by atoms with van der Waals surface area (Å²) in [4.78, 5) is 52.6. The minimum atomic E-state index is -1.78. The Morgan fingerprint density at radius 1 is 0.857 bits per heavy atom. The molecule has 63 heavy (non-hydrogen) atoms. The Bertz CT molecular complexity index is 2910. The van der Waals surface area contributed by atoms with Crippen molar-refractivity contribution < 1.29 is 32.7 Å². The quantitative estimate of drug-likeness (QED) is 0.0908. The Balaban J connectivity index is 0.765. The van der Waals surface area contributed by atoms with E-state index in [1.807, 2.05) is 18.2 Å². The number of imidazole rings is 1. The first-order valence-corrected chi connectivity index (χ1v) is 22.0. The Morgan fingerprint density at radius 2 is 1.62 bits per heavy atom. The number of piperidine rings is 1. The minimum Gasteiger partial charge on any atom is -0.503 e. The predicted octanol–water partition coefficient (Wildman–Crippen LogP) is 7.44. The summed E-state index contributed by atoms with van der Waals surface area (Å²) >= 11 is 0. The Morgan fingerprint density at radius 3 is 2.40 bits per heavy atom. The van der Waals surface area contributed by atoms with E-state index in [1.54, 1.807) is 11.6 Å². The van der Waals surface area contributed by atoms with Crippen LogP contribution in [0.3, 0.4) is 0 Å². The number of phenols is 1. The molecule has 12 nitrogen and oxygen atoms in total. The summed E-state index contributed by atoms with van der Waals surface area (Å²) in [6.07, 6.45) is 7.91. The SMILES string of the molecule is Cn1c(=O)n(C2CCC(=O)NC2=O)c2ccc(CCCN3Cc4ccc(-c5ccc6c(C7CC7)n([C@H]7CC[C@H](CNC(=O)c8cc(F)c(O)c(F)c8F)CC7)nc6c5)cc4C3)cc21. The van der Waals surface area contributed by atoms with Gasteiger partial charge in [-0.25, -0.2) is 13.6 Å². The van der Waals surface area contributed by atoms with E-state index in [0.717, 1.165) is 98.7 Å². The molecule has 326 valence electrons. The second kappa shape index (κ2) is 16.2. The number of aromatic hydroxyl groups is 1. The highest BCUT2D eigenvalue weighted by molar-refractivity contribution is 6.00. The molecule has 2 aromatic heterocycles. The fourth-order valence-corrected chi connectivity index (χ4v) is 10.1. The number of nitrogens with zero attached hydrogens (tertiary/aromatic N) is 5. The van der Waals surface area contributed by atoms with E-state index >= 15 is 0 Å². The van der Waals surface area contributed by atoms with Crippen LogP contribution in [-0.2, 0) is 36.1 Å². The molecule has 4 heterocycles. The van der Waals surface area contributed by atoms with Gasteiger partial charge in [0.15, 0.2) is 17.4 Å². The van der Waals surface area contributed by atoms with Crippen molar-refractivity contribution in [3.05, 3.63) is 117 Å². The topological polar surface area (TPSA) is 143 Å². The number of benzene rings is 4. The van der Waals surface area contributed by atoms with Crippen LogP contribution in [0.4, 0.5) is 13.2 Å². The van der Waals surface area contributed by atoms with Crippen LogP contribution in [0.15, 0.2) is 65.5 Å². The van der Waals surface area contributed by atoms with Gasteiger partial charge in [-0.05, 0) is 128 Å². The van der Waals surface area contributed by atoms with Crippen molar-refractivity contribution in [2.45, 2.75) is 95.3 Å². The molecule has 0 radical (unpaired) electrons. The smallest absolute Gasteiger partial charge is 0.329 e. The number of fused-ring (bicyclic) bond motifs is 3. The molecule has 2 saturated carbocycles. The van der Waals surface area contributed by atoms with Crippen LogP contribution in [0.25, 0.3) is 33.1 Å². The van der Waals surface area contributed by atoms with Crippen LogP contribution in [0, 0.1) is 23.4 Å². The molecular formula is C48H48F3N7O5. The highest BCUT2D eigenvalue weighted by atomic mass is 19.2. The summed E-state index contributed by atoms with van der Waals surface area (Å²) in [6.45, 7) is 2.92. The summed E-state index contributed by atoms with van der Waals surface area (Å²) in [6, 6.07) is 19.4. The van der Waals surface area contributed by atoms with Crippen LogP contribution >= 0.6 is 0 Å². The molecule has 3 amide bonds. The molecule has 3 N–H and O–H groups in total. The van der Waals surface area contributed by atoms with Gasteiger partial charge in [-0.3, -0.25) is 38.4 Å². The van der Waals surface area contributed by atoms with Crippen molar-refractivity contribution in [2.24, 2.45) is 13.0 Å². The van der Waals surface area contributed by atoms with Gasteiger partial charge < -0.3 is 10.4 Å². The Kier molecular flexibility index (Phi) is 10.5. The van der Waals surface area contributed by atoms with Crippen LogP contribution < -0.4 is 16.3 Å². The van der Waals surface area contributed by atoms with Crippen LogP contribution in [0.2, 0.25) is 0 Å². The number of carbonyl (C=O) groups excluding carboxylic acids is 3. The lowest BCUT2D eigenvalue weighted by atomic mass is 9.85. The standard InChI is InChI=1S/C48H48F3N7O5/c1-55-40-19-26(6-15-38(40)57(48(55)63)39-16-17-41(59)53-47(39)62)3-2-18-56-24-31-10-9-29(20-32(31)25-56)30-11-14-34-37(21-30)54-58(44(34)28-7-8-28)33-12-4-27(5-13-33)23-52-46(61)35-22-36(49)45(60)43(51)42(35)50/h6,9-11,14-15,19-22,27-28,33,39,60H,2-5,7-8,12-13,16-18,23-25H2,1H3,(H,52,61)(H,53,59,62)/t27-,33-,39?. The van der Waals surface area contributed by atoms with Gasteiger partial charge in [0, 0.05) is 50.1 Å². The number of rotatable bonds is 11. The van der Waals surface area contributed by atoms with E-state index in [1.165, 1.54) is 26.8 Å². The molecule has 1 atom stereocenters. The number of hydrogen-bond acceptors (Lipinski definition) is 7. The molecule has 6 aromatic rings. The van der Waals surface area contributed by atoms with E-state index in [9.17, 15) is 37.5 Å². The van der Waals surface area contributed by atoms with Crippen molar-refractivity contribution in [1.82, 2.24) is 34.4 Å². The lowest BCUT2D eigenvalue weighted by Crippen LogP contribution is -2.44. The number of phenolic OH excluding ortho intramolecular Hbond substituents is 1. The molecule has 2 aliphatic heterocycles. The number of amides is 3. The third kappa shape index (κ3) is 7.59. The molecule has 1 saturated heterocycles. The van der Waals surface area contributed by atoms with E-state index in [4.69, 9.17) is 5.10 Å². The maximum atomic E-state index is 14.3. The average Bonchev–Trinajstić information content (AvgIpc) is 3.85. The molecule has 4 aromatic carbocycles. The number of aryl methyl sites for hydroxylation is 2. The first kappa shape index (κ1) is 40.8. The van der Waals surface area contributed by atoms with E-state index in [-0.39, 0.29) is 36.5 Å². The van der Waals surface area contributed by atoms with Gasteiger partial charge in [0.1, 0.15) is 6.04 Å². The zero-order valence-electron chi connectivity index (χ0n) is 34.9. The molecule has 0 bridgehead atoms. The highest BCUT2D eigenvalue weighted by Gasteiger charge is 2.35. The minimum absolute atomic E-state index is 0.124. The second-order valence-electron chi connectivity index (χ2n) is 17.9. The van der Waals surface area contributed by atoms with E-state index in [2.05, 4.69) is 56.6 Å². The van der Waals surface area contributed by atoms with Crippen LogP contribution in [-0.4, -0.2) is 59.7 Å². The number of aromatic nitrogens is 4. The second-order valence-corrected chi connectivity index (χ2v) is 17.9. The summed E-state index contributed by atoms with van der Waals surface area (Å²) in [5, 5.41) is 20.7. The Hall–Kier alpha value is -6.22. The zero-order chi connectivity index (χ0) is 43.7. The highest BCUT2D eigenvalue weighted by Crippen LogP contribution is 2.46. The fraction of sp³-hybridized carbons (Fsp3) is 0.396. The van der Waals surface area contributed by atoms with Crippen molar-refractivity contribution >= 4 is 39.7 Å². The number of nitrogens with one attached hydrogen (secondary N) is 2. The summed E-state index contributed by atoms with van der Waals surface area (Å²) in [7, 11) is 1.72. The predicted molar refractivity (Wildman–Crippen MR) is 229 cm³/mol. The molecule has 0 spiro atoms. The number of hydrogen-bond donors (Lipinski definition) is 3.